The molecular weight excluding hydrogens is 222 g/mol. The van der Waals surface area contributed by atoms with Crippen LogP contribution in [-0.4, -0.2) is 4.57 Å². The smallest absolute Gasteiger partial charge is 0.251 e. The van der Waals surface area contributed by atoms with Gasteiger partial charge in [-0.1, -0.05) is 26.0 Å². The van der Waals surface area contributed by atoms with Crippen molar-refractivity contribution in [3.63, 3.8) is 0 Å². The second-order valence-electron chi connectivity index (χ2n) is 5.70. The van der Waals surface area contributed by atoms with Crippen LogP contribution >= 0.6 is 0 Å². The van der Waals surface area contributed by atoms with Gasteiger partial charge in [-0.05, 0) is 47.8 Å². The van der Waals surface area contributed by atoms with Crippen molar-refractivity contribution in [3.05, 3.63) is 46.2 Å². The molecule has 2 aromatic rings. The Labute approximate surface area is 107 Å². The first-order valence-electron chi connectivity index (χ1n) is 6.78. The Morgan fingerprint density at radius 1 is 1.22 bits per heavy atom. The van der Waals surface area contributed by atoms with Crippen molar-refractivity contribution >= 4 is 10.9 Å². The third kappa shape index (κ3) is 2.07. The Morgan fingerprint density at radius 2 is 1.94 bits per heavy atom. The van der Waals surface area contributed by atoms with E-state index in [1.807, 2.05) is 10.6 Å². The zero-order valence-corrected chi connectivity index (χ0v) is 11.0. The summed E-state index contributed by atoms with van der Waals surface area (Å²) in [6.07, 6.45) is 2.54. The number of nitrogens with zero attached hydrogens (tertiary/aromatic N) is 1. The molecule has 1 aromatic heterocycles. The van der Waals surface area contributed by atoms with Crippen LogP contribution in [0.2, 0.25) is 0 Å². The van der Waals surface area contributed by atoms with Gasteiger partial charge in [0.25, 0.3) is 5.56 Å². The van der Waals surface area contributed by atoms with Gasteiger partial charge >= 0.3 is 0 Å². The largest absolute Gasteiger partial charge is 0.308 e. The van der Waals surface area contributed by atoms with Crippen LogP contribution < -0.4 is 5.56 Å². The third-order valence-electron chi connectivity index (χ3n) is 3.82. The quantitative estimate of drug-likeness (QED) is 0.805. The van der Waals surface area contributed by atoms with Crippen molar-refractivity contribution < 1.29 is 0 Å². The van der Waals surface area contributed by atoms with Crippen LogP contribution in [-0.2, 0) is 6.54 Å². The molecule has 0 spiro atoms. The molecule has 1 saturated carbocycles. The zero-order chi connectivity index (χ0) is 12.7. The minimum absolute atomic E-state index is 0.135. The molecule has 94 valence electrons. The van der Waals surface area contributed by atoms with Gasteiger partial charge in [0.15, 0.2) is 0 Å². The number of hydrogen-bond acceptors (Lipinski definition) is 1. The molecule has 18 heavy (non-hydrogen) atoms. The van der Waals surface area contributed by atoms with Gasteiger partial charge in [-0.15, -0.1) is 0 Å². The lowest BCUT2D eigenvalue weighted by Gasteiger charge is -2.12. The summed E-state index contributed by atoms with van der Waals surface area (Å²) in [7, 11) is 0. The first-order valence-corrected chi connectivity index (χ1v) is 6.78. The third-order valence-corrected chi connectivity index (χ3v) is 3.82. The Hall–Kier alpha value is -1.57. The second-order valence-corrected chi connectivity index (χ2v) is 5.70. The van der Waals surface area contributed by atoms with E-state index in [0.717, 1.165) is 18.0 Å². The van der Waals surface area contributed by atoms with E-state index in [1.165, 1.54) is 23.8 Å². The van der Waals surface area contributed by atoms with Crippen LogP contribution in [0.4, 0.5) is 0 Å². The number of aromatic nitrogens is 1. The van der Waals surface area contributed by atoms with Crippen molar-refractivity contribution in [2.45, 2.75) is 39.2 Å². The SMILES string of the molecule is CC(C)c1ccc2ccc(=O)n(CC3CC3)c2c1. The Morgan fingerprint density at radius 3 is 2.61 bits per heavy atom. The molecule has 1 aliphatic rings. The maximum absolute atomic E-state index is 12.0. The first kappa shape index (κ1) is 11.5. The lowest BCUT2D eigenvalue weighted by atomic mass is 10.0. The number of pyridine rings is 1. The van der Waals surface area contributed by atoms with Crippen molar-refractivity contribution in [2.24, 2.45) is 5.92 Å². The monoisotopic (exact) mass is 241 g/mol. The summed E-state index contributed by atoms with van der Waals surface area (Å²) in [6.45, 7) is 5.26. The molecule has 2 nitrogen and oxygen atoms in total. The molecule has 1 aromatic carbocycles. The molecule has 0 aliphatic heterocycles. The fourth-order valence-electron chi connectivity index (χ4n) is 2.41. The highest BCUT2D eigenvalue weighted by Crippen LogP contribution is 2.31. The molecule has 0 amide bonds. The van der Waals surface area contributed by atoms with Crippen LogP contribution in [0.3, 0.4) is 0 Å². The van der Waals surface area contributed by atoms with E-state index in [-0.39, 0.29) is 5.56 Å². The summed E-state index contributed by atoms with van der Waals surface area (Å²) >= 11 is 0. The Balaban J connectivity index is 2.19. The van der Waals surface area contributed by atoms with Crippen LogP contribution in [0.5, 0.6) is 0 Å². The number of fused-ring (bicyclic) bond motifs is 1. The van der Waals surface area contributed by atoms with Crippen molar-refractivity contribution in [3.8, 4) is 0 Å². The zero-order valence-electron chi connectivity index (χ0n) is 11.0. The summed E-state index contributed by atoms with van der Waals surface area (Å²) in [5, 5.41) is 1.17. The lowest BCUT2D eigenvalue weighted by Crippen LogP contribution is -2.20. The Bertz CT molecular complexity index is 635. The van der Waals surface area contributed by atoms with Crippen molar-refractivity contribution in [1.29, 1.82) is 0 Å². The minimum Gasteiger partial charge on any atom is -0.308 e. The molecule has 0 radical (unpaired) electrons. The van der Waals surface area contributed by atoms with Gasteiger partial charge in [0.1, 0.15) is 0 Å². The number of rotatable bonds is 3. The highest BCUT2D eigenvalue weighted by atomic mass is 16.1. The van der Waals surface area contributed by atoms with E-state index in [4.69, 9.17) is 0 Å². The fraction of sp³-hybridized carbons (Fsp3) is 0.438. The molecule has 0 saturated heterocycles. The molecule has 2 heteroatoms. The second kappa shape index (κ2) is 4.27. The maximum Gasteiger partial charge on any atom is 0.251 e. The van der Waals surface area contributed by atoms with E-state index >= 15 is 0 Å². The predicted octanol–water partition coefficient (Wildman–Crippen LogP) is 3.53. The Kier molecular flexibility index (Phi) is 2.73. The predicted molar refractivity (Wildman–Crippen MR) is 75.0 cm³/mol. The molecule has 0 bridgehead atoms. The molecule has 0 unspecified atom stereocenters. The highest BCUT2D eigenvalue weighted by molar-refractivity contribution is 5.79. The summed E-state index contributed by atoms with van der Waals surface area (Å²) in [5.74, 6) is 1.22. The van der Waals surface area contributed by atoms with Crippen LogP contribution in [0.25, 0.3) is 10.9 Å². The van der Waals surface area contributed by atoms with Gasteiger partial charge in [-0.25, -0.2) is 0 Å². The molecule has 0 N–H and O–H groups in total. The van der Waals surface area contributed by atoms with Gasteiger partial charge in [0.05, 0.1) is 5.52 Å². The fourth-order valence-corrected chi connectivity index (χ4v) is 2.41. The summed E-state index contributed by atoms with van der Waals surface area (Å²) in [5.41, 5.74) is 2.54. The summed E-state index contributed by atoms with van der Waals surface area (Å²) in [6, 6.07) is 10.1. The highest BCUT2D eigenvalue weighted by Gasteiger charge is 2.22. The standard InChI is InChI=1S/C16H19NO/c1-11(2)14-6-5-13-7-8-16(18)17(15(13)9-14)10-12-3-4-12/h5-9,11-12H,3-4,10H2,1-2H3. The summed E-state index contributed by atoms with van der Waals surface area (Å²) < 4.78 is 1.96. The molecule has 3 rings (SSSR count). The van der Waals surface area contributed by atoms with Crippen molar-refractivity contribution in [1.82, 2.24) is 4.57 Å². The van der Waals surface area contributed by atoms with E-state index in [2.05, 4.69) is 32.0 Å². The lowest BCUT2D eigenvalue weighted by molar-refractivity contribution is 0.626. The molecular formula is C16H19NO. The average Bonchev–Trinajstić information content (AvgIpc) is 3.16. The molecule has 1 heterocycles. The first-order chi connectivity index (χ1) is 8.65. The van der Waals surface area contributed by atoms with Gasteiger partial charge < -0.3 is 4.57 Å². The number of benzene rings is 1. The van der Waals surface area contributed by atoms with Crippen LogP contribution in [0.15, 0.2) is 35.1 Å². The van der Waals surface area contributed by atoms with E-state index in [9.17, 15) is 4.79 Å². The average molecular weight is 241 g/mol. The van der Waals surface area contributed by atoms with Crippen LogP contribution in [0.1, 0.15) is 38.2 Å². The number of hydrogen-bond donors (Lipinski definition) is 0. The van der Waals surface area contributed by atoms with Gasteiger partial charge in [0, 0.05) is 12.6 Å². The van der Waals surface area contributed by atoms with E-state index in [1.54, 1.807) is 6.07 Å². The van der Waals surface area contributed by atoms with Gasteiger partial charge in [-0.2, -0.15) is 0 Å². The van der Waals surface area contributed by atoms with Crippen LogP contribution in [0, 0.1) is 5.92 Å². The minimum atomic E-state index is 0.135. The molecule has 0 atom stereocenters. The topological polar surface area (TPSA) is 22.0 Å². The molecule has 1 aliphatic carbocycles. The maximum atomic E-state index is 12.0. The normalized spacial score (nSPS) is 15.5. The van der Waals surface area contributed by atoms with E-state index in [0.29, 0.717) is 5.92 Å². The van der Waals surface area contributed by atoms with Gasteiger partial charge in [0.2, 0.25) is 0 Å². The van der Waals surface area contributed by atoms with Crippen molar-refractivity contribution in [2.75, 3.05) is 0 Å². The molecule has 1 fully saturated rings. The van der Waals surface area contributed by atoms with Gasteiger partial charge in [-0.3, -0.25) is 4.79 Å². The van der Waals surface area contributed by atoms with E-state index < -0.39 is 0 Å². The summed E-state index contributed by atoms with van der Waals surface area (Å²) in [4.78, 5) is 12.0.